The Hall–Kier alpha value is -2.58. The first-order chi connectivity index (χ1) is 12.5. The van der Waals surface area contributed by atoms with Crippen LogP contribution >= 0.6 is 23.4 Å². The van der Waals surface area contributed by atoms with E-state index in [0.717, 1.165) is 0 Å². The molecule has 0 unspecified atom stereocenters. The maximum atomic E-state index is 12.7. The van der Waals surface area contributed by atoms with Crippen LogP contribution in [0.5, 0.6) is 0 Å². The molecular weight excluding hydrogens is 376 g/mol. The predicted octanol–water partition coefficient (Wildman–Crippen LogP) is 2.77. The number of halogens is 1. The highest BCUT2D eigenvalue weighted by Crippen LogP contribution is 2.30. The van der Waals surface area contributed by atoms with Crippen molar-refractivity contribution in [1.29, 1.82) is 0 Å². The lowest BCUT2D eigenvalue weighted by Crippen LogP contribution is -2.36. The van der Waals surface area contributed by atoms with E-state index in [1.54, 1.807) is 30.3 Å². The van der Waals surface area contributed by atoms with Crippen molar-refractivity contribution >= 4 is 46.7 Å². The highest BCUT2D eigenvalue weighted by molar-refractivity contribution is 7.99. The Kier molecular flexibility index (Phi) is 5.43. The zero-order chi connectivity index (χ0) is 18.7. The molecule has 0 spiro atoms. The van der Waals surface area contributed by atoms with Gasteiger partial charge in [0.25, 0.3) is 5.56 Å². The summed E-state index contributed by atoms with van der Waals surface area (Å²) in [6.07, 6.45) is 1.53. The van der Waals surface area contributed by atoms with Gasteiger partial charge in [-0.05, 0) is 18.2 Å². The highest BCUT2D eigenvalue weighted by Gasteiger charge is 2.34. The maximum absolute atomic E-state index is 12.7. The average molecular weight is 391 g/mol. The molecule has 1 aliphatic heterocycles. The molecule has 0 saturated carbocycles. The molecular formula is C17H15ClN4O3S. The summed E-state index contributed by atoms with van der Waals surface area (Å²) in [4.78, 5) is 44.0. The third kappa shape index (κ3) is 3.97. The number of rotatable bonds is 5. The fourth-order valence-corrected chi connectivity index (χ4v) is 3.36. The van der Waals surface area contributed by atoms with Crippen LogP contribution in [0.1, 0.15) is 17.9 Å². The number of benzene rings is 1. The number of H-pyrrole nitrogens is 1. The lowest BCUT2D eigenvalue weighted by Gasteiger charge is -2.23. The minimum Gasteiger partial charge on any atom is -0.325 e. The molecule has 2 aromatic rings. The molecule has 3 N–H and O–H groups in total. The Balaban J connectivity index is 1.92. The van der Waals surface area contributed by atoms with Gasteiger partial charge < -0.3 is 15.6 Å². The minimum atomic E-state index is -0.938. The van der Waals surface area contributed by atoms with Crippen LogP contribution < -0.4 is 16.2 Å². The van der Waals surface area contributed by atoms with Crippen LogP contribution in [0, 0.1) is 0 Å². The van der Waals surface area contributed by atoms with E-state index in [0.29, 0.717) is 21.6 Å². The van der Waals surface area contributed by atoms with E-state index in [9.17, 15) is 14.4 Å². The summed E-state index contributed by atoms with van der Waals surface area (Å²) in [5.74, 6) is -1.12. The number of nitrogens with one attached hydrogen (secondary N) is 3. The van der Waals surface area contributed by atoms with Crippen LogP contribution in [0.25, 0.3) is 0 Å². The zero-order valence-electron chi connectivity index (χ0n) is 13.5. The van der Waals surface area contributed by atoms with Gasteiger partial charge in [-0.1, -0.05) is 35.5 Å². The van der Waals surface area contributed by atoms with Crippen LogP contribution in [0.15, 0.2) is 46.9 Å². The molecule has 26 heavy (non-hydrogen) atoms. The molecule has 1 aromatic carbocycles. The van der Waals surface area contributed by atoms with Crippen LogP contribution in [0.3, 0.4) is 0 Å². The standard InChI is InChI=1S/C17H15ClN4O3S/c1-2-6-26-17-21-14-13(16(25)22-17)11(8-12(23)20-14)15(24)19-10-5-3-4-9(18)7-10/h2-5,7,11H,1,6,8H2,(H,19,24)(H2,20,21,22,23,25)/t11-/m0/s1. The van der Waals surface area contributed by atoms with Crippen molar-refractivity contribution in [2.24, 2.45) is 0 Å². The number of thioether (sulfide) groups is 1. The van der Waals surface area contributed by atoms with E-state index in [2.05, 4.69) is 27.2 Å². The average Bonchev–Trinajstić information content (AvgIpc) is 2.58. The Labute approximate surface area is 158 Å². The van der Waals surface area contributed by atoms with Gasteiger partial charge in [-0.25, -0.2) is 4.98 Å². The Morgan fingerprint density at radius 1 is 1.46 bits per heavy atom. The molecule has 9 heteroatoms. The Morgan fingerprint density at radius 2 is 2.27 bits per heavy atom. The van der Waals surface area contributed by atoms with E-state index in [1.165, 1.54) is 11.8 Å². The molecule has 0 radical (unpaired) electrons. The first kappa shape index (κ1) is 18.2. The summed E-state index contributed by atoms with van der Waals surface area (Å²) < 4.78 is 0. The second-order valence-electron chi connectivity index (χ2n) is 5.54. The number of hydrogen-bond acceptors (Lipinski definition) is 5. The minimum absolute atomic E-state index is 0.114. The van der Waals surface area contributed by atoms with Crippen molar-refractivity contribution in [3.63, 3.8) is 0 Å². The molecule has 1 atom stereocenters. The largest absolute Gasteiger partial charge is 0.325 e. The van der Waals surface area contributed by atoms with Crippen molar-refractivity contribution in [1.82, 2.24) is 9.97 Å². The van der Waals surface area contributed by atoms with E-state index < -0.39 is 17.4 Å². The van der Waals surface area contributed by atoms with E-state index in [4.69, 9.17) is 11.6 Å². The summed E-state index contributed by atoms with van der Waals surface area (Å²) >= 11 is 7.18. The zero-order valence-corrected chi connectivity index (χ0v) is 15.1. The number of amides is 2. The van der Waals surface area contributed by atoms with Gasteiger partial charge in [0.05, 0.1) is 11.5 Å². The van der Waals surface area contributed by atoms with Gasteiger partial charge >= 0.3 is 0 Å². The van der Waals surface area contributed by atoms with Gasteiger partial charge in [0.2, 0.25) is 11.8 Å². The highest BCUT2D eigenvalue weighted by atomic mass is 35.5. The van der Waals surface area contributed by atoms with Gasteiger partial charge in [0.1, 0.15) is 5.82 Å². The summed E-state index contributed by atoms with van der Waals surface area (Å²) in [6, 6.07) is 6.63. The van der Waals surface area contributed by atoms with E-state index in [1.807, 2.05) is 0 Å². The third-order valence-electron chi connectivity index (χ3n) is 3.68. The number of nitrogens with zero attached hydrogens (tertiary/aromatic N) is 1. The van der Waals surface area contributed by atoms with Crippen LogP contribution in [-0.2, 0) is 9.59 Å². The van der Waals surface area contributed by atoms with Gasteiger partial charge in [0.15, 0.2) is 5.16 Å². The molecule has 1 aliphatic rings. The Morgan fingerprint density at radius 3 is 3.00 bits per heavy atom. The maximum Gasteiger partial charge on any atom is 0.257 e. The lowest BCUT2D eigenvalue weighted by molar-refractivity contribution is -0.123. The molecule has 3 rings (SSSR count). The van der Waals surface area contributed by atoms with Crippen molar-refractivity contribution in [3.8, 4) is 0 Å². The van der Waals surface area contributed by atoms with Crippen molar-refractivity contribution in [3.05, 3.63) is 57.9 Å². The summed E-state index contributed by atoms with van der Waals surface area (Å²) in [7, 11) is 0. The number of aromatic amines is 1. The van der Waals surface area contributed by atoms with Crippen LogP contribution in [-0.4, -0.2) is 27.5 Å². The number of hydrogen-bond donors (Lipinski definition) is 3. The van der Waals surface area contributed by atoms with Crippen molar-refractivity contribution in [2.45, 2.75) is 17.5 Å². The monoisotopic (exact) mass is 390 g/mol. The fourth-order valence-electron chi connectivity index (χ4n) is 2.58. The number of carbonyl (C=O) groups excluding carboxylic acids is 2. The molecule has 7 nitrogen and oxygen atoms in total. The van der Waals surface area contributed by atoms with E-state index in [-0.39, 0.29) is 23.7 Å². The molecule has 134 valence electrons. The van der Waals surface area contributed by atoms with Gasteiger partial charge in [-0.3, -0.25) is 14.4 Å². The lowest BCUT2D eigenvalue weighted by atomic mass is 9.92. The second kappa shape index (κ2) is 7.76. The number of fused-ring (bicyclic) bond motifs is 1. The van der Waals surface area contributed by atoms with Crippen molar-refractivity contribution < 1.29 is 9.59 Å². The van der Waals surface area contributed by atoms with Crippen LogP contribution in [0.4, 0.5) is 11.5 Å². The quantitative estimate of drug-likeness (QED) is 0.413. The number of aromatic nitrogens is 2. The van der Waals surface area contributed by atoms with Crippen molar-refractivity contribution in [2.75, 3.05) is 16.4 Å². The number of carbonyl (C=O) groups is 2. The summed E-state index contributed by atoms with van der Waals surface area (Å²) in [5, 5.41) is 6.07. The third-order valence-corrected chi connectivity index (χ3v) is 4.78. The number of anilines is 2. The van der Waals surface area contributed by atoms with Crippen LogP contribution in [0.2, 0.25) is 5.02 Å². The summed E-state index contributed by atoms with van der Waals surface area (Å²) in [5.41, 5.74) is 0.178. The van der Waals surface area contributed by atoms with Gasteiger partial charge in [0, 0.05) is 22.9 Å². The molecule has 2 amide bonds. The molecule has 0 aliphatic carbocycles. The van der Waals surface area contributed by atoms with Gasteiger partial charge in [-0.15, -0.1) is 6.58 Å². The second-order valence-corrected chi connectivity index (χ2v) is 6.98. The first-order valence-electron chi connectivity index (χ1n) is 7.72. The molecule has 1 aromatic heterocycles. The molecule has 0 bridgehead atoms. The molecule has 0 fully saturated rings. The first-order valence-corrected chi connectivity index (χ1v) is 9.08. The Bertz CT molecular complexity index is 944. The smallest absolute Gasteiger partial charge is 0.257 e. The van der Waals surface area contributed by atoms with E-state index >= 15 is 0 Å². The molecule has 2 heterocycles. The predicted molar refractivity (Wildman–Crippen MR) is 102 cm³/mol. The SMILES string of the molecule is C=CCSc1nc2c(c(=O)[nH]1)[C@@H](C(=O)Nc1cccc(Cl)c1)CC(=O)N2. The normalized spacial score (nSPS) is 15.7. The summed E-state index contributed by atoms with van der Waals surface area (Å²) in [6.45, 7) is 3.61. The topological polar surface area (TPSA) is 104 Å². The molecule has 0 saturated heterocycles. The van der Waals surface area contributed by atoms with Gasteiger partial charge in [-0.2, -0.15) is 0 Å². The fraction of sp³-hybridized carbons (Fsp3) is 0.176.